The molecule has 0 aromatic carbocycles. The number of rotatable bonds is 4. The molecule has 2 N–H and O–H groups in total. The van der Waals surface area contributed by atoms with Crippen molar-refractivity contribution in [1.29, 1.82) is 0 Å². The van der Waals surface area contributed by atoms with Crippen LogP contribution in [0.3, 0.4) is 0 Å². The van der Waals surface area contributed by atoms with E-state index in [0.717, 1.165) is 13.0 Å². The Hall–Kier alpha value is -0.873. The van der Waals surface area contributed by atoms with Gasteiger partial charge in [-0.05, 0) is 36.2 Å². The first-order valence-corrected chi connectivity index (χ1v) is 8.97. The van der Waals surface area contributed by atoms with E-state index in [1.165, 1.54) is 5.56 Å². The highest BCUT2D eigenvalue weighted by Gasteiger charge is 2.36. The van der Waals surface area contributed by atoms with Gasteiger partial charge in [-0.2, -0.15) is 0 Å². The maximum Gasteiger partial charge on any atom is 0.191 e. The summed E-state index contributed by atoms with van der Waals surface area (Å²) in [6.07, 6.45) is 2.73. The number of hydrogen-bond acceptors (Lipinski definition) is 3. The van der Waals surface area contributed by atoms with Crippen LogP contribution in [0.1, 0.15) is 26.3 Å². The van der Waals surface area contributed by atoms with Crippen molar-refractivity contribution in [3.63, 3.8) is 0 Å². The molecule has 0 radical (unpaired) electrons. The van der Waals surface area contributed by atoms with Crippen LogP contribution in [0, 0.1) is 0 Å². The molecular weight excluding hydrogens is 228 g/mol. The van der Waals surface area contributed by atoms with E-state index >= 15 is 0 Å². The monoisotopic (exact) mass is 252 g/mol. The molecule has 0 fully saturated rings. The van der Waals surface area contributed by atoms with E-state index in [0.29, 0.717) is 5.82 Å². The van der Waals surface area contributed by atoms with E-state index in [1.54, 1.807) is 0 Å². The third kappa shape index (κ3) is 4.13. The third-order valence-electron chi connectivity index (χ3n) is 3.51. The molecule has 0 bridgehead atoms. The van der Waals surface area contributed by atoms with Crippen LogP contribution in [0.5, 0.6) is 0 Å². The summed E-state index contributed by atoms with van der Waals surface area (Å²) in [4.78, 5) is 4.08. The number of nitrogens with zero attached hydrogens (tertiary/aromatic N) is 1. The van der Waals surface area contributed by atoms with Crippen molar-refractivity contribution < 1.29 is 4.43 Å². The van der Waals surface area contributed by atoms with Gasteiger partial charge in [-0.25, -0.2) is 4.98 Å². The van der Waals surface area contributed by atoms with Gasteiger partial charge in [-0.3, -0.25) is 0 Å². The van der Waals surface area contributed by atoms with Crippen LogP contribution >= 0.6 is 0 Å². The van der Waals surface area contributed by atoms with E-state index in [1.807, 2.05) is 18.3 Å². The Morgan fingerprint density at radius 1 is 1.29 bits per heavy atom. The van der Waals surface area contributed by atoms with E-state index in [9.17, 15) is 0 Å². The van der Waals surface area contributed by atoms with Crippen molar-refractivity contribution in [3.05, 3.63) is 23.9 Å². The summed E-state index contributed by atoms with van der Waals surface area (Å²) in [6, 6.07) is 3.85. The minimum absolute atomic E-state index is 0.270. The summed E-state index contributed by atoms with van der Waals surface area (Å²) in [5.74, 6) is 0.569. The number of hydrogen-bond donors (Lipinski definition) is 1. The average Bonchev–Trinajstić information content (AvgIpc) is 2.19. The number of anilines is 1. The second-order valence-electron chi connectivity index (χ2n) is 5.95. The van der Waals surface area contributed by atoms with Crippen molar-refractivity contribution in [1.82, 2.24) is 4.98 Å². The minimum Gasteiger partial charge on any atom is -0.416 e. The highest BCUT2D eigenvalue weighted by molar-refractivity contribution is 6.74. The molecule has 0 aliphatic heterocycles. The first-order valence-electron chi connectivity index (χ1n) is 6.07. The van der Waals surface area contributed by atoms with E-state index in [4.69, 9.17) is 10.2 Å². The van der Waals surface area contributed by atoms with Crippen molar-refractivity contribution in [2.45, 2.75) is 45.3 Å². The van der Waals surface area contributed by atoms with Crippen LogP contribution < -0.4 is 5.73 Å². The van der Waals surface area contributed by atoms with Gasteiger partial charge in [0.05, 0.1) is 0 Å². The number of nitrogens with two attached hydrogens (primary N) is 1. The molecule has 0 aliphatic carbocycles. The molecule has 0 atom stereocenters. The largest absolute Gasteiger partial charge is 0.416 e. The topological polar surface area (TPSA) is 48.1 Å². The molecule has 1 heterocycles. The highest BCUT2D eigenvalue weighted by Crippen LogP contribution is 2.36. The van der Waals surface area contributed by atoms with E-state index < -0.39 is 8.32 Å². The van der Waals surface area contributed by atoms with Crippen LogP contribution in [0.25, 0.3) is 0 Å². The molecular formula is C13H24N2OSi. The van der Waals surface area contributed by atoms with Gasteiger partial charge < -0.3 is 10.2 Å². The summed E-state index contributed by atoms with van der Waals surface area (Å²) in [7, 11) is -1.61. The van der Waals surface area contributed by atoms with E-state index in [2.05, 4.69) is 38.8 Å². The van der Waals surface area contributed by atoms with E-state index in [-0.39, 0.29) is 5.04 Å². The lowest BCUT2D eigenvalue weighted by Crippen LogP contribution is -2.41. The summed E-state index contributed by atoms with van der Waals surface area (Å²) in [5, 5.41) is 0.270. The zero-order valence-electron chi connectivity index (χ0n) is 11.6. The van der Waals surface area contributed by atoms with Gasteiger partial charge in [0.25, 0.3) is 0 Å². The van der Waals surface area contributed by atoms with Crippen LogP contribution in [-0.4, -0.2) is 19.9 Å². The summed E-state index contributed by atoms with van der Waals surface area (Å²) in [5.41, 5.74) is 6.72. The first-order chi connectivity index (χ1) is 7.72. The second-order valence-corrected chi connectivity index (χ2v) is 10.8. The predicted octanol–water partition coefficient (Wildman–Crippen LogP) is 3.23. The SMILES string of the molecule is CC(C)(C)[Si](C)(C)OCCc1ccc(N)nc1. The zero-order valence-corrected chi connectivity index (χ0v) is 12.6. The standard InChI is InChI=1S/C13H24N2OSi/c1-13(2,3)17(4,5)16-9-8-11-6-7-12(14)15-10-11/h6-7,10H,8-9H2,1-5H3,(H2,14,15). The van der Waals surface area contributed by atoms with Crippen LogP contribution in [0.15, 0.2) is 18.3 Å². The van der Waals surface area contributed by atoms with Gasteiger partial charge in [0.2, 0.25) is 0 Å². The number of aromatic nitrogens is 1. The van der Waals surface area contributed by atoms with Crippen molar-refractivity contribution in [3.8, 4) is 0 Å². The lowest BCUT2D eigenvalue weighted by molar-refractivity contribution is 0.292. The van der Waals surface area contributed by atoms with Gasteiger partial charge in [0.15, 0.2) is 8.32 Å². The lowest BCUT2D eigenvalue weighted by Gasteiger charge is -2.36. The summed E-state index contributed by atoms with van der Waals surface area (Å²) >= 11 is 0. The molecule has 1 rings (SSSR count). The molecule has 0 spiro atoms. The Balaban J connectivity index is 2.45. The van der Waals surface area contributed by atoms with Gasteiger partial charge in [-0.1, -0.05) is 26.8 Å². The van der Waals surface area contributed by atoms with Gasteiger partial charge in [0.1, 0.15) is 5.82 Å². The van der Waals surface area contributed by atoms with Crippen molar-refractivity contribution >= 4 is 14.1 Å². The number of nitrogen functional groups attached to an aromatic ring is 1. The summed E-state index contributed by atoms with van der Waals surface area (Å²) < 4.78 is 6.11. The Morgan fingerprint density at radius 2 is 1.94 bits per heavy atom. The molecule has 3 nitrogen and oxygen atoms in total. The fourth-order valence-electron chi connectivity index (χ4n) is 1.22. The molecule has 96 valence electrons. The molecule has 0 unspecified atom stereocenters. The van der Waals surface area contributed by atoms with Gasteiger partial charge in [-0.15, -0.1) is 0 Å². The Kier molecular flexibility index (Phi) is 4.33. The second kappa shape index (κ2) is 5.19. The fourth-order valence-corrected chi connectivity index (χ4v) is 2.27. The first kappa shape index (κ1) is 14.2. The maximum atomic E-state index is 6.11. The molecule has 17 heavy (non-hydrogen) atoms. The zero-order chi connectivity index (χ0) is 13.1. The Bertz CT molecular complexity index is 355. The van der Waals surface area contributed by atoms with Gasteiger partial charge >= 0.3 is 0 Å². The maximum absolute atomic E-state index is 6.11. The molecule has 1 aromatic heterocycles. The molecule has 0 aliphatic rings. The Morgan fingerprint density at radius 3 is 2.41 bits per heavy atom. The number of pyridine rings is 1. The molecule has 0 amide bonds. The highest BCUT2D eigenvalue weighted by atomic mass is 28.4. The minimum atomic E-state index is -1.61. The van der Waals surface area contributed by atoms with Crippen LogP contribution in [-0.2, 0) is 10.8 Å². The molecule has 0 saturated carbocycles. The predicted molar refractivity (Wildman–Crippen MR) is 75.5 cm³/mol. The lowest BCUT2D eigenvalue weighted by atomic mass is 10.2. The van der Waals surface area contributed by atoms with Crippen LogP contribution in [0.2, 0.25) is 18.1 Å². The average molecular weight is 252 g/mol. The quantitative estimate of drug-likeness (QED) is 0.837. The smallest absolute Gasteiger partial charge is 0.191 e. The van der Waals surface area contributed by atoms with Crippen molar-refractivity contribution in [2.75, 3.05) is 12.3 Å². The molecule has 1 aromatic rings. The van der Waals surface area contributed by atoms with Crippen molar-refractivity contribution in [2.24, 2.45) is 0 Å². The normalized spacial score (nSPS) is 12.8. The molecule has 4 heteroatoms. The molecule has 0 saturated heterocycles. The third-order valence-corrected chi connectivity index (χ3v) is 8.05. The van der Waals surface area contributed by atoms with Gasteiger partial charge in [0, 0.05) is 12.8 Å². The summed E-state index contributed by atoms with van der Waals surface area (Å²) in [6.45, 7) is 12.1. The fraction of sp³-hybridized carbons (Fsp3) is 0.615. The Labute approximate surface area is 106 Å². The van der Waals surface area contributed by atoms with Crippen LogP contribution in [0.4, 0.5) is 5.82 Å².